The maximum Gasteiger partial charge on any atom is 0.338 e. The fourth-order valence-electron chi connectivity index (χ4n) is 1.77. The van der Waals surface area contributed by atoms with Gasteiger partial charge in [0.2, 0.25) is 0 Å². The molecule has 1 aliphatic carbocycles. The highest BCUT2D eigenvalue weighted by Gasteiger charge is 2.18. The molecule has 18 heavy (non-hydrogen) atoms. The molecule has 0 aromatic heterocycles. The summed E-state index contributed by atoms with van der Waals surface area (Å²) in [5, 5.41) is 0. The van der Waals surface area contributed by atoms with Gasteiger partial charge in [0, 0.05) is 5.57 Å². The predicted octanol–water partition coefficient (Wildman–Crippen LogP) is 4.24. The lowest BCUT2D eigenvalue weighted by Crippen LogP contribution is -2.14. The lowest BCUT2D eigenvalue weighted by molar-refractivity contribution is -0.130. The van der Waals surface area contributed by atoms with E-state index in [1.54, 1.807) is 19.1 Å². The van der Waals surface area contributed by atoms with E-state index in [1.807, 2.05) is 6.08 Å². The van der Waals surface area contributed by atoms with Crippen molar-refractivity contribution in [2.75, 3.05) is 0 Å². The van der Waals surface area contributed by atoms with E-state index in [0.29, 0.717) is 11.5 Å². The Morgan fingerprint density at radius 1 is 1.50 bits per heavy atom. The number of allylic oxidation sites excluding steroid dienone is 1. The van der Waals surface area contributed by atoms with E-state index in [4.69, 9.17) is 4.74 Å². The molecule has 0 unspecified atom stereocenters. The Bertz CT molecular complexity index is 493. The molecule has 2 rings (SSSR count). The van der Waals surface area contributed by atoms with Gasteiger partial charge in [-0.3, -0.25) is 0 Å². The fourth-order valence-corrected chi connectivity index (χ4v) is 2.12. The van der Waals surface area contributed by atoms with Crippen molar-refractivity contribution in [2.24, 2.45) is 5.92 Å². The van der Waals surface area contributed by atoms with Crippen molar-refractivity contribution in [1.82, 2.24) is 0 Å². The minimum Gasteiger partial charge on any atom is -0.420 e. The number of esters is 1. The van der Waals surface area contributed by atoms with Crippen LogP contribution in [0.15, 0.2) is 34.3 Å². The average molecular weight is 313 g/mol. The van der Waals surface area contributed by atoms with Crippen LogP contribution in [0.4, 0.5) is 4.39 Å². The van der Waals surface area contributed by atoms with Crippen LogP contribution in [0.5, 0.6) is 5.75 Å². The van der Waals surface area contributed by atoms with E-state index in [2.05, 4.69) is 15.9 Å². The molecule has 1 fully saturated rings. The van der Waals surface area contributed by atoms with Crippen molar-refractivity contribution in [2.45, 2.75) is 26.2 Å². The Morgan fingerprint density at radius 3 is 2.83 bits per heavy atom. The smallest absolute Gasteiger partial charge is 0.338 e. The van der Waals surface area contributed by atoms with Crippen LogP contribution >= 0.6 is 15.9 Å². The molecule has 1 aliphatic rings. The topological polar surface area (TPSA) is 26.3 Å². The summed E-state index contributed by atoms with van der Waals surface area (Å²) < 4.78 is 19.0. The standard InChI is InChI=1S/C14H14BrFO2/c1-9(8-10-4-2-5-10)14(17)18-12-7-3-6-11(15)13(12)16/h3,6-8,10H,2,4-5H2,1H3. The van der Waals surface area contributed by atoms with E-state index in [1.165, 1.54) is 12.5 Å². The lowest BCUT2D eigenvalue weighted by atomic mass is 9.84. The van der Waals surface area contributed by atoms with Crippen LogP contribution in [0.3, 0.4) is 0 Å². The summed E-state index contributed by atoms with van der Waals surface area (Å²) in [6, 6.07) is 4.62. The number of hydrogen-bond acceptors (Lipinski definition) is 2. The molecule has 0 N–H and O–H groups in total. The van der Waals surface area contributed by atoms with Gasteiger partial charge >= 0.3 is 5.97 Å². The van der Waals surface area contributed by atoms with Gasteiger partial charge in [-0.25, -0.2) is 9.18 Å². The first-order valence-corrected chi connectivity index (χ1v) is 6.72. The van der Waals surface area contributed by atoms with Gasteiger partial charge in [0.15, 0.2) is 11.6 Å². The molecule has 0 saturated heterocycles. The summed E-state index contributed by atoms with van der Waals surface area (Å²) in [6.45, 7) is 1.70. The summed E-state index contributed by atoms with van der Waals surface area (Å²) in [5.41, 5.74) is 0.541. The highest BCUT2D eigenvalue weighted by molar-refractivity contribution is 9.10. The molecule has 96 valence electrons. The van der Waals surface area contributed by atoms with Crippen LogP contribution in [0, 0.1) is 11.7 Å². The monoisotopic (exact) mass is 312 g/mol. The SMILES string of the molecule is CC(=CC1CCC1)C(=O)Oc1cccc(Br)c1F. The highest BCUT2D eigenvalue weighted by atomic mass is 79.9. The number of benzene rings is 1. The number of carbonyl (C=O) groups excluding carboxylic acids is 1. The molecule has 1 saturated carbocycles. The van der Waals surface area contributed by atoms with Gasteiger partial charge in [0.05, 0.1) is 4.47 Å². The van der Waals surface area contributed by atoms with Crippen molar-refractivity contribution in [1.29, 1.82) is 0 Å². The first-order chi connectivity index (χ1) is 8.58. The van der Waals surface area contributed by atoms with E-state index >= 15 is 0 Å². The average Bonchev–Trinajstić information content (AvgIpc) is 2.29. The largest absolute Gasteiger partial charge is 0.420 e. The zero-order valence-electron chi connectivity index (χ0n) is 10.1. The molecule has 0 spiro atoms. The predicted molar refractivity (Wildman–Crippen MR) is 70.8 cm³/mol. The van der Waals surface area contributed by atoms with Crippen LogP contribution in [-0.4, -0.2) is 5.97 Å². The molecule has 0 bridgehead atoms. The molecule has 1 aromatic rings. The maximum atomic E-state index is 13.6. The molecular weight excluding hydrogens is 299 g/mol. The molecule has 2 nitrogen and oxygen atoms in total. The van der Waals surface area contributed by atoms with Crippen molar-refractivity contribution in [3.63, 3.8) is 0 Å². The highest BCUT2D eigenvalue weighted by Crippen LogP contribution is 2.29. The van der Waals surface area contributed by atoms with Gasteiger partial charge in [0.1, 0.15) is 0 Å². The third-order valence-corrected chi connectivity index (χ3v) is 3.69. The number of ether oxygens (including phenoxy) is 1. The van der Waals surface area contributed by atoms with Gasteiger partial charge in [-0.2, -0.15) is 0 Å². The van der Waals surface area contributed by atoms with E-state index in [0.717, 1.165) is 12.8 Å². The summed E-state index contributed by atoms with van der Waals surface area (Å²) in [6.07, 6.45) is 5.37. The van der Waals surface area contributed by atoms with Crippen LogP contribution in [0.1, 0.15) is 26.2 Å². The van der Waals surface area contributed by atoms with Crippen LogP contribution < -0.4 is 4.74 Å². The van der Waals surface area contributed by atoms with Gasteiger partial charge < -0.3 is 4.74 Å². The fraction of sp³-hybridized carbons (Fsp3) is 0.357. The Morgan fingerprint density at radius 2 is 2.22 bits per heavy atom. The number of halogens is 2. The minimum atomic E-state index is -0.553. The summed E-state index contributed by atoms with van der Waals surface area (Å²) in [5.74, 6) is -0.609. The van der Waals surface area contributed by atoms with Crippen molar-refractivity contribution >= 4 is 21.9 Å². The zero-order chi connectivity index (χ0) is 13.1. The Labute approximate surface area is 114 Å². The van der Waals surface area contributed by atoms with Gasteiger partial charge in [-0.1, -0.05) is 18.6 Å². The molecular formula is C14H14BrFO2. The number of rotatable bonds is 3. The molecule has 1 aromatic carbocycles. The molecule has 0 amide bonds. The Kier molecular flexibility index (Phi) is 4.17. The first-order valence-electron chi connectivity index (χ1n) is 5.92. The van der Waals surface area contributed by atoms with E-state index in [9.17, 15) is 9.18 Å². The minimum absolute atomic E-state index is 0.0456. The lowest BCUT2D eigenvalue weighted by Gasteiger charge is -2.22. The van der Waals surface area contributed by atoms with Gasteiger partial charge in [-0.15, -0.1) is 0 Å². The second-order valence-corrected chi connectivity index (χ2v) is 5.34. The van der Waals surface area contributed by atoms with Crippen LogP contribution in [-0.2, 0) is 4.79 Å². The van der Waals surface area contributed by atoms with Crippen molar-refractivity contribution < 1.29 is 13.9 Å². The number of carbonyl (C=O) groups is 1. The van der Waals surface area contributed by atoms with Gasteiger partial charge in [-0.05, 0) is 53.7 Å². The summed E-state index contributed by atoms with van der Waals surface area (Å²) in [4.78, 5) is 11.8. The van der Waals surface area contributed by atoms with Crippen molar-refractivity contribution in [3.05, 3.63) is 40.1 Å². The number of hydrogen-bond donors (Lipinski definition) is 0. The quantitative estimate of drug-likeness (QED) is 0.474. The van der Waals surface area contributed by atoms with Gasteiger partial charge in [0.25, 0.3) is 0 Å². The molecule has 4 heteroatoms. The van der Waals surface area contributed by atoms with E-state index in [-0.39, 0.29) is 10.2 Å². The maximum absolute atomic E-state index is 13.6. The summed E-state index contributed by atoms with van der Waals surface area (Å²) >= 11 is 3.05. The normalized spacial score (nSPS) is 16.3. The summed E-state index contributed by atoms with van der Waals surface area (Å²) in [7, 11) is 0. The zero-order valence-corrected chi connectivity index (χ0v) is 11.7. The van der Waals surface area contributed by atoms with Crippen LogP contribution in [0.2, 0.25) is 0 Å². The van der Waals surface area contributed by atoms with Crippen LogP contribution in [0.25, 0.3) is 0 Å². The molecule has 0 atom stereocenters. The molecule has 0 heterocycles. The first kappa shape index (κ1) is 13.3. The Balaban J connectivity index is 2.06. The van der Waals surface area contributed by atoms with E-state index < -0.39 is 11.8 Å². The second kappa shape index (κ2) is 5.65. The molecule has 0 radical (unpaired) electrons. The third kappa shape index (κ3) is 2.99. The van der Waals surface area contributed by atoms with Crippen molar-refractivity contribution in [3.8, 4) is 5.75 Å². The Hall–Kier alpha value is -1.16. The molecule has 0 aliphatic heterocycles. The second-order valence-electron chi connectivity index (χ2n) is 4.48. The third-order valence-electron chi connectivity index (χ3n) is 3.08.